The Kier molecular flexibility index (Phi) is 3.65. The third-order valence-corrected chi connectivity index (χ3v) is 4.00. The molecule has 3 heteroatoms. The highest BCUT2D eigenvalue weighted by molar-refractivity contribution is 4.91. The Morgan fingerprint density at radius 3 is 2.73 bits per heavy atom. The number of rotatable bonds is 4. The molecule has 0 bridgehead atoms. The lowest BCUT2D eigenvalue weighted by atomic mass is 10.00. The molecule has 2 rings (SSSR count). The van der Waals surface area contributed by atoms with Crippen LogP contribution >= 0.6 is 0 Å². The maximum absolute atomic E-state index is 5.35. The topological polar surface area (TPSA) is 33.3 Å². The molecule has 0 aromatic heterocycles. The fourth-order valence-corrected chi connectivity index (χ4v) is 2.82. The predicted octanol–water partition coefficient (Wildman–Crippen LogP) is 1.29. The number of ether oxygens (including phenoxy) is 1. The molecule has 0 aromatic carbocycles. The molecule has 2 atom stereocenters. The Morgan fingerprint density at radius 1 is 1.40 bits per heavy atom. The van der Waals surface area contributed by atoms with E-state index in [-0.39, 0.29) is 0 Å². The first-order valence-electron chi connectivity index (χ1n) is 6.23. The molecule has 1 saturated carbocycles. The molecule has 1 aliphatic heterocycles. The van der Waals surface area contributed by atoms with Gasteiger partial charge in [0.05, 0.1) is 6.10 Å². The lowest BCUT2D eigenvalue weighted by Crippen LogP contribution is -2.45. The molecular formula is C12H24N2O. The van der Waals surface area contributed by atoms with Gasteiger partial charge in [-0.1, -0.05) is 12.8 Å². The van der Waals surface area contributed by atoms with Gasteiger partial charge in [0.15, 0.2) is 0 Å². The maximum atomic E-state index is 5.35. The molecule has 2 N–H and O–H groups in total. The lowest BCUT2D eigenvalue weighted by Gasteiger charge is -2.27. The second-order valence-corrected chi connectivity index (χ2v) is 5.35. The average Bonchev–Trinajstić information content (AvgIpc) is 2.84. The van der Waals surface area contributed by atoms with E-state index >= 15 is 0 Å². The van der Waals surface area contributed by atoms with Gasteiger partial charge in [0.2, 0.25) is 0 Å². The second kappa shape index (κ2) is 4.81. The Morgan fingerprint density at radius 2 is 2.13 bits per heavy atom. The zero-order valence-electron chi connectivity index (χ0n) is 10.0. The van der Waals surface area contributed by atoms with Gasteiger partial charge in [-0.05, 0) is 26.2 Å². The second-order valence-electron chi connectivity index (χ2n) is 5.35. The normalized spacial score (nSPS) is 34.8. The van der Waals surface area contributed by atoms with Crippen LogP contribution in [-0.4, -0.2) is 37.9 Å². The molecule has 1 heterocycles. The van der Waals surface area contributed by atoms with E-state index in [9.17, 15) is 0 Å². The van der Waals surface area contributed by atoms with Crippen molar-refractivity contribution in [2.45, 2.75) is 56.7 Å². The van der Waals surface area contributed by atoms with Gasteiger partial charge in [-0.25, -0.2) is 0 Å². The Bertz CT molecular complexity index is 202. The van der Waals surface area contributed by atoms with E-state index in [0.717, 1.165) is 19.5 Å². The SMILES string of the molecule is COC1CNC(CNC2(C)CCCC2)C1. The zero-order chi connectivity index (χ0) is 10.7. The van der Waals surface area contributed by atoms with Crippen LogP contribution in [0.1, 0.15) is 39.0 Å². The molecule has 88 valence electrons. The summed E-state index contributed by atoms with van der Waals surface area (Å²) < 4.78 is 5.35. The van der Waals surface area contributed by atoms with Crippen molar-refractivity contribution in [2.75, 3.05) is 20.2 Å². The van der Waals surface area contributed by atoms with Gasteiger partial charge in [-0.2, -0.15) is 0 Å². The van der Waals surface area contributed by atoms with Gasteiger partial charge < -0.3 is 15.4 Å². The van der Waals surface area contributed by atoms with Crippen LogP contribution in [0.5, 0.6) is 0 Å². The van der Waals surface area contributed by atoms with Crippen LogP contribution in [0.4, 0.5) is 0 Å². The molecule has 1 saturated heterocycles. The summed E-state index contributed by atoms with van der Waals surface area (Å²) >= 11 is 0. The van der Waals surface area contributed by atoms with Crippen molar-refractivity contribution in [1.29, 1.82) is 0 Å². The number of nitrogens with one attached hydrogen (secondary N) is 2. The van der Waals surface area contributed by atoms with Gasteiger partial charge in [-0.15, -0.1) is 0 Å². The standard InChI is InChI=1S/C12H24N2O/c1-12(5-3-4-6-12)14-8-10-7-11(15-2)9-13-10/h10-11,13-14H,3-9H2,1-2H3. The Balaban J connectivity index is 1.70. The van der Waals surface area contributed by atoms with Crippen molar-refractivity contribution in [1.82, 2.24) is 10.6 Å². The Hall–Kier alpha value is -0.120. The highest BCUT2D eigenvalue weighted by Crippen LogP contribution is 2.28. The minimum Gasteiger partial charge on any atom is -0.380 e. The van der Waals surface area contributed by atoms with Crippen LogP contribution in [0.3, 0.4) is 0 Å². The van der Waals surface area contributed by atoms with Crippen molar-refractivity contribution >= 4 is 0 Å². The summed E-state index contributed by atoms with van der Waals surface area (Å²) in [6.07, 6.45) is 7.04. The molecule has 0 amide bonds. The van der Waals surface area contributed by atoms with Gasteiger partial charge in [0, 0.05) is 31.8 Å². The lowest BCUT2D eigenvalue weighted by molar-refractivity contribution is 0.117. The van der Waals surface area contributed by atoms with Gasteiger partial charge in [-0.3, -0.25) is 0 Å². The summed E-state index contributed by atoms with van der Waals surface area (Å²) in [7, 11) is 1.81. The van der Waals surface area contributed by atoms with Crippen molar-refractivity contribution in [3.05, 3.63) is 0 Å². The minimum absolute atomic E-state index is 0.410. The van der Waals surface area contributed by atoms with E-state index in [1.165, 1.54) is 25.7 Å². The van der Waals surface area contributed by atoms with Gasteiger partial charge in [0.1, 0.15) is 0 Å². The summed E-state index contributed by atoms with van der Waals surface area (Å²) in [4.78, 5) is 0. The summed E-state index contributed by atoms with van der Waals surface area (Å²) in [5.41, 5.74) is 0.410. The van der Waals surface area contributed by atoms with Crippen LogP contribution in [0.25, 0.3) is 0 Å². The quantitative estimate of drug-likeness (QED) is 0.736. The monoisotopic (exact) mass is 212 g/mol. The van der Waals surface area contributed by atoms with Crippen LogP contribution in [0.15, 0.2) is 0 Å². The van der Waals surface area contributed by atoms with Crippen LogP contribution in [-0.2, 0) is 4.74 Å². The van der Waals surface area contributed by atoms with E-state index < -0.39 is 0 Å². The molecule has 2 aliphatic rings. The predicted molar refractivity (Wildman–Crippen MR) is 62.1 cm³/mol. The first-order valence-corrected chi connectivity index (χ1v) is 6.23. The first kappa shape index (κ1) is 11.4. The molecule has 2 unspecified atom stereocenters. The molecule has 0 aromatic rings. The van der Waals surface area contributed by atoms with E-state index in [0.29, 0.717) is 17.7 Å². The van der Waals surface area contributed by atoms with Crippen molar-refractivity contribution in [3.63, 3.8) is 0 Å². The minimum atomic E-state index is 0.410. The van der Waals surface area contributed by atoms with Crippen LogP contribution in [0, 0.1) is 0 Å². The average molecular weight is 212 g/mol. The number of methoxy groups -OCH3 is 1. The summed E-state index contributed by atoms with van der Waals surface area (Å²) in [6, 6.07) is 0.604. The summed E-state index contributed by atoms with van der Waals surface area (Å²) in [5.74, 6) is 0. The van der Waals surface area contributed by atoms with E-state index in [1.54, 1.807) is 7.11 Å². The highest BCUT2D eigenvalue weighted by Gasteiger charge is 2.30. The third-order valence-electron chi connectivity index (χ3n) is 4.00. The highest BCUT2D eigenvalue weighted by atomic mass is 16.5. The molecule has 15 heavy (non-hydrogen) atoms. The summed E-state index contributed by atoms with van der Waals surface area (Å²) in [5, 5.41) is 7.24. The molecule has 3 nitrogen and oxygen atoms in total. The molecular weight excluding hydrogens is 188 g/mol. The number of hydrogen-bond acceptors (Lipinski definition) is 3. The first-order chi connectivity index (χ1) is 7.22. The van der Waals surface area contributed by atoms with E-state index in [4.69, 9.17) is 4.74 Å². The van der Waals surface area contributed by atoms with E-state index in [1.807, 2.05) is 0 Å². The molecule has 0 spiro atoms. The van der Waals surface area contributed by atoms with Crippen LogP contribution < -0.4 is 10.6 Å². The molecule has 1 aliphatic carbocycles. The fraction of sp³-hybridized carbons (Fsp3) is 1.00. The van der Waals surface area contributed by atoms with Crippen molar-refractivity contribution in [3.8, 4) is 0 Å². The van der Waals surface area contributed by atoms with Crippen molar-refractivity contribution < 1.29 is 4.74 Å². The fourth-order valence-electron chi connectivity index (χ4n) is 2.82. The van der Waals surface area contributed by atoms with Crippen molar-refractivity contribution in [2.24, 2.45) is 0 Å². The van der Waals surface area contributed by atoms with Gasteiger partial charge in [0.25, 0.3) is 0 Å². The Labute approximate surface area is 93.0 Å². The molecule has 2 fully saturated rings. The third kappa shape index (κ3) is 2.92. The van der Waals surface area contributed by atoms with Gasteiger partial charge >= 0.3 is 0 Å². The van der Waals surface area contributed by atoms with Crippen LogP contribution in [0.2, 0.25) is 0 Å². The summed E-state index contributed by atoms with van der Waals surface area (Å²) in [6.45, 7) is 4.47. The zero-order valence-corrected chi connectivity index (χ0v) is 10.0. The largest absolute Gasteiger partial charge is 0.380 e. The smallest absolute Gasteiger partial charge is 0.0711 e. The molecule has 0 radical (unpaired) electrons. The van der Waals surface area contributed by atoms with E-state index in [2.05, 4.69) is 17.6 Å². The number of hydrogen-bond donors (Lipinski definition) is 2. The maximum Gasteiger partial charge on any atom is 0.0711 e.